The monoisotopic (exact) mass is 252 g/mol. The first-order chi connectivity index (χ1) is 8.56. The number of hydrogen-bond acceptors (Lipinski definition) is 5. The van der Waals surface area contributed by atoms with Crippen LogP contribution in [0.4, 0.5) is 5.95 Å². The molecule has 0 bridgehead atoms. The molecule has 0 saturated heterocycles. The predicted molar refractivity (Wildman–Crippen MR) is 69.9 cm³/mol. The number of aromatic nitrogens is 2. The van der Waals surface area contributed by atoms with Gasteiger partial charge in [0.1, 0.15) is 0 Å². The van der Waals surface area contributed by atoms with Gasteiger partial charge in [-0.15, -0.1) is 0 Å². The normalized spacial score (nSPS) is 10.2. The van der Waals surface area contributed by atoms with Crippen molar-refractivity contribution < 1.29 is 9.53 Å². The first kappa shape index (κ1) is 14.4. The minimum Gasteiger partial charge on any atom is -0.385 e. The summed E-state index contributed by atoms with van der Waals surface area (Å²) in [6.07, 6.45) is 2.35. The summed E-state index contributed by atoms with van der Waals surface area (Å²) in [5.74, 6) is 0.456. The molecule has 0 radical (unpaired) electrons. The molecule has 0 spiro atoms. The van der Waals surface area contributed by atoms with Crippen molar-refractivity contribution in [3.8, 4) is 0 Å². The number of ether oxygens (including phenoxy) is 1. The third-order valence-corrected chi connectivity index (χ3v) is 2.42. The van der Waals surface area contributed by atoms with Crippen molar-refractivity contribution in [2.24, 2.45) is 0 Å². The number of hydrogen-bond donors (Lipinski definition) is 1. The van der Waals surface area contributed by atoms with E-state index in [0.29, 0.717) is 30.4 Å². The molecule has 100 valence electrons. The summed E-state index contributed by atoms with van der Waals surface area (Å²) >= 11 is 0. The van der Waals surface area contributed by atoms with E-state index in [0.717, 1.165) is 6.42 Å². The molecule has 1 amide bonds. The first-order valence-corrected chi connectivity index (χ1v) is 5.84. The van der Waals surface area contributed by atoms with Crippen molar-refractivity contribution in [1.82, 2.24) is 15.3 Å². The van der Waals surface area contributed by atoms with Crippen LogP contribution in [-0.2, 0) is 4.74 Å². The first-order valence-electron chi connectivity index (χ1n) is 5.84. The topological polar surface area (TPSA) is 67.3 Å². The van der Waals surface area contributed by atoms with E-state index in [9.17, 15) is 4.79 Å². The zero-order valence-corrected chi connectivity index (χ0v) is 11.4. The van der Waals surface area contributed by atoms with E-state index in [1.54, 1.807) is 25.1 Å². The Morgan fingerprint density at radius 2 is 2.22 bits per heavy atom. The van der Waals surface area contributed by atoms with Gasteiger partial charge in [0.15, 0.2) is 0 Å². The zero-order valence-electron chi connectivity index (χ0n) is 11.4. The lowest BCUT2D eigenvalue weighted by molar-refractivity contribution is 0.0947. The van der Waals surface area contributed by atoms with Gasteiger partial charge in [0.2, 0.25) is 5.95 Å². The highest BCUT2D eigenvalue weighted by atomic mass is 16.5. The Bertz CT molecular complexity index is 407. The predicted octanol–water partition coefficient (Wildman–Crippen LogP) is 0.617. The zero-order chi connectivity index (χ0) is 13.5. The van der Waals surface area contributed by atoms with Gasteiger partial charge in [0.05, 0.1) is 11.3 Å². The molecule has 0 aliphatic rings. The van der Waals surface area contributed by atoms with Crippen LogP contribution in [0, 0.1) is 6.92 Å². The van der Waals surface area contributed by atoms with E-state index in [4.69, 9.17) is 4.74 Å². The highest BCUT2D eigenvalue weighted by Crippen LogP contribution is 2.08. The van der Waals surface area contributed by atoms with Crippen LogP contribution in [0.5, 0.6) is 0 Å². The Kier molecular flexibility index (Phi) is 5.51. The van der Waals surface area contributed by atoms with Gasteiger partial charge in [-0.1, -0.05) is 0 Å². The lowest BCUT2D eigenvalue weighted by Crippen LogP contribution is -2.27. The van der Waals surface area contributed by atoms with Gasteiger partial charge in [0.25, 0.3) is 5.91 Å². The summed E-state index contributed by atoms with van der Waals surface area (Å²) in [6.45, 7) is 3.02. The summed E-state index contributed by atoms with van der Waals surface area (Å²) in [5.41, 5.74) is 1.19. The number of anilines is 1. The number of aryl methyl sites for hydroxylation is 1. The summed E-state index contributed by atoms with van der Waals surface area (Å²) < 4.78 is 4.91. The van der Waals surface area contributed by atoms with Crippen molar-refractivity contribution in [2.45, 2.75) is 13.3 Å². The maximum absolute atomic E-state index is 11.9. The van der Waals surface area contributed by atoms with Gasteiger partial charge in [-0.25, -0.2) is 9.97 Å². The molecule has 0 fully saturated rings. The average Bonchev–Trinajstić information content (AvgIpc) is 2.34. The minimum atomic E-state index is -0.145. The number of nitrogens with zero attached hydrogens (tertiary/aromatic N) is 3. The fourth-order valence-electron chi connectivity index (χ4n) is 1.41. The SMILES string of the molecule is COCCCNC(=O)c1cnc(N(C)C)nc1C. The standard InChI is InChI=1S/C12H20N4O2/c1-9-10(8-14-12(15-9)16(2)3)11(17)13-6-5-7-18-4/h8H,5-7H2,1-4H3,(H,13,17). The van der Waals surface area contributed by atoms with Crippen LogP contribution in [-0.4, -0.2) is 50.2 Å². The van der Waals surface area contributed by atoms with E-state index in [2.05, 4.69) is 15.3 Å². The number of carbonyl (C=O) groups excluding carboxylic acids is 1. The smallest absolute Gasteiger partial charge is 0.254 e. The van der Waals surface area contributed by atoms with Crippen molar-refractivity contribution in [3.05, 3.63) is 17.5 Å². The van der Waals surface area contributed by atoms with E-state index >= 15 is 0 Å². The molecule has 0 atom stereocenters. The average molecular weight is 252 g/mol. The highest BCUT2D eigenvalue weighted by Gasteiger charge is 2.11. The molecular weight excluding hydrogens is 232 g/mol. The summed E-state index contributed by atoms with van der Waals surface area (Å²) in [5, 5.41) is 2.81. The van der Waals surface area contributed by atoms with Crippen LogP contribution in [0.3, 0.4) is 0 Å². The van der Waals surface area contributed by atoms with Crippen LogP contribution in [0.25, 0.3) is 0 Å². The van der Waals surface area contributed by atoms with Crippen LogP contribution in [0.1, 0.15) is 22.5 Å². The second kappa shape index (κ2) is 6.90. The molecule has 6 nitrogen and oxygen atoms in total. The van der Waals surface area contributed by atoms with Gasteiger partial charge >= 0.3 is 0 Å². The third kappa shape index (κ3) is 3.96. The summed E-state index contributed by atoms with van der Waals surface area (Å²) in [7, 11) is 5.36. The maximum Gasteiger partial charge on any atom is 0.254 e. The summed E-state index contributed by atoms with van der Waals surface area (Å²) in [6, 6.07) is 0. The van der Waals surface area contributed by atoms with Crippen LogP contribution in [0.2, 0.25) is 0 Å². The molecule has 0 aliphatic carbocycles. The van der Waals surface area contributed by atoms with Gasteiger partial charge in [-0.05, 0) is 13.3 Å². The van der Waals surface area contributed by atoms with E-state index in [1.807, 2.05) is 14.1 Å². The molecule has 6 heteroatoms. The fraction of sp³-hybridized carbons (Fsp3) is 0.583. The van der Waals surface area contributed by atoms with E-state index in [1.165, 1.54) is 0 Å². The molecule has 1 N–H and O–H groups in total. The Hall–Kier alpha value is -1.69. The van der Waals surface area contributed by atoms with Crippen molar-refractivity contribution in [2.75, 3.05) is 39.3 Å². The maximum atomic E-state index is 11.9. The van der Waals surface area contributed by atoms with Gasteiger partial charge < -0.3 is 15.0 Å². The van der Waals surface area contributed by atoms with Gasteiger partial charge in [0, 0.05) is 40.6 Å². The molecule has 0 aliphatic heterocycles. The highest BCUT2D eigenvalue weighted by molar-refractivity contribution is 5.94. The van der Waals surface area contributed by atoms with Gasteiger partial charge in [-0.2, -0.15) is 0 Å². The molecule has 1 rings (SSSR count). The Balaban J connectivity index is 2.63. The Morgan fingerprint density at radius 1 is 1.50 bits per heavy atom. The molecule has 1 aromatic rings. The Labute approximate surface area is 107 Å². The second-order valence-corrected chi connectivity index (χ2v) is 4.17. The van der Waals surface area contributed by atoms with Crippen LogP contribution in [0.15, 0.2) is 6.20 Å². The van der Waals surface area contributed by atoms with Gasteiger partial charge in [-0.3, -0.25) is 4.79 Å². The molecule has 18 heavy (non-hydrogen) atoms. The second-order valence-electron chi connectivity index (χ2n) is 4.17. The van der Waals surface area contributed by atoms with Crippen molar-refractivity contribution in [1.29, 1.82) is 0 Å². The molecule has 0 aromatic carbocycles. The lowest BCUT2D eigenvalue weighted by atomic mass is 10.2. The van der Waals surface area contributed by atoms with E-state index in [-0.39, 0.29) is 5.91 Å². The number of carbonyl (C=O) groups is 1. The molecular formula is C12H20N4O2. The van der Waals surface area contributed by atoms with Crippen LogP contribution >= 0.6 is 0 Å². The number of nitrogens with one attached hydrogen (secondary N) is 1. The lowest BCUT2D eigenvalue weighted by Gasteiger charge is -2.12. The Morgan fingerprint density at radius 3 is 2.78 bits per heavy atom. The number of amides is 1. The number of methoxy groups -OCH3 is 1. The van der Waals surface area contributed by atoms with Crippen molar-refractivity contribution >= 4 is 11.9 Å². The largest absolute Gasteiger partial charge is 0.385 e. The fourth-order valence-corrected chi connectivity index (χ4v) is 1.41. The molecule has 0 saturated carbocycles. The minimum absolute atomic E-state index is 0.145. The van der Waals surface area contributed by atoms with Crippen LogP contribution < -0.4 is 10.2 Å². The third-order valence-electron chi connectivity index (χ3n) is 2.42. The molecule has 1 aromatic heterocycles. The summed E-state index contributed by atoms with van der Waals surface area (Å²) in [4.78, 5) is 22.1. The van der Waals surface area contributed by atoms with E-state index < -0.39 is 0 Å². The quantitative estimate of drug-likeness (QED) is 0.752. The van der Waals surface area contributed by atoms with Crippen molar-refractivity contribution in [3.63, 3.8) is 0 Å². The molecule has 1 heterocycles. The number of rotatable bonds is 6. The molecule has 0 unspecified atom stereocenters.